The van der Waals surface area contributed by atoms with Gasteiger partial charge in [-0.15, -0.1) is 0 Å². The first-order chi connectivity index (χ1) is 8.00. The van der Waals surface area contributed by atoms with Crippen molar-refractivity contribution in [3.05, 3.63) is 23.8 Å². The lowest BCUT2D eigenvalue weighted by atomic mass is 10.1. The van der Waals surface area contributed by atoms with Crippen molar-refractivity contribution < 1.29 is 8.42 Å². The second-order valence-electron chi connectivity index (χ2n) is 4.98. The maximum atomic E-state index is 12.3. The average Bonchev–Trinajstić information content (AvgIpc) is 3.01. The topological polar surface area (TPSA) is 63.4 Å². The monoisotopic (exact) mass is 252 g/mol. The first kappa shape index (κ1) is 10.9. The largest absolute Gasteiger partial charge is 0.399 e. The minimum atomic E-state index is -3.15. The Morgan fingerprint density at radius 1 is 1.35 bits per heavy atom. The minimum absolute atomic E-state index is 0.0115. The minimum Gasteiger partial charge on any atom is -0.399 e. The van der Waals surface area contributed by atoms with Crippen LogP contribution in [-0.2, 0) is 16.4 Å². The van der Waals surface area contributed by atoms with Gasteiger partial charge in [0.25, 0.3) is 0 Å². The standard InChI is InChI=1S/C12H16N2O2S/c1-8-6-9-7-10(13)2-5-12(9)14(8)17(15,16)11-3-4-11/h2,5,7-8,11H,3-4,6,13H2,1H3. The summed E-state index contributed by atoms with van der Waals surface area (Å²) in [5.41, 5.74) is 8.29. The van der Waals surface area contributed by atoms with Crippen LogP contribution in [0.1, 0.15) is 25.3 Å². The van der Waals surface area contributed by atoms with Gasteiger partial charge in [-0.2, -0.15) is 0 Å². The lowest BCUT2D eigenvalue weighted by Gasteiger charge is -2.24. The van der Waals surface area contributed by atoms with Crippen LogP contribution in [0.2, 0.25) is 0 Å². The van der Waals surface area contributed by atoms with Crippen LogP contribution in [0.25, 0.3) is 0 Å². The highest BCUT2D eigenvalue weighted by molar-refractivity contribution is 7.93. The van der Waals surface area contributed by atoms with Crippen molar-refractivity contribution >= 4 is 21.4 Å². The summed E-state index contributed by atoms with van der Waals surface area (Å²) in [4.78, 5) is 0. The van der Waals surface area contributed by atoms with Crippen molar-refractivity contribution in [1.82, 2.24) is 0 Å². The van der Waals surface area contributed by atoms with Gasteiger partial charge < -0.3 is 5.73 Å². The number of nitrogens with zero attached hydrogens (tertiary/aromatic N) is 1. The number of benzene rings is 1. The van der Waals surface area contributed by atoms with Crippen molar-refractivity contribution in [2.75, 3.05) is 10.0 Å². The van der Waals surface area contributed by atoms with E-state index in [1.807, 2.05) is 19.1 Å². The summed E-state index contributed by atoms with van der Waals surface area (Å²) in [6, 6.07) is 5.49. The lowest BCUT2D eigenvalue weighted by molar-refractivity contribution is 0.583. The second kappa shape index (κ2) is 3.38. The average molecular weight is 252 g/mol. The molecule has 1 aliphatic heterocycles. The molecule has 17 heavy (non-hydrogen) atoms. The summed E-state index contributed by atoms with van der Waals surface area (Å²) >= 11 is 0. The summed E-state index contributed by atoms with van der Waals surface area (Å²) in [5, 5.41) is -0.159. The molecule has 1 atom stereocenters. The summed E-state index contributed by atoms with van der Waals surface area (Å²) in [6.45, 7) is 1.95. The summed E-state index contributed by atoms with van der Waals surface area (Å²) in [5.74, 6) is 0. The smallest absolute Gasteiger partial charge is 0.238 e. The van der Waals surface area contributed by atoms with Crippen LogP contribution in [-0.4, -0.2) is 19.7 Å². The van der Waals surface area contributed by atoms with E-state index in [2.05, 4.69) is 0 Å². The third-order valence-electron chi connectivity index (χ3n) is 3.48. The molecule has 1 heterocycles. The zero-order valence-corrected chi connectivity index (χ0v) is 10.6. The molecule has 1 aromatic carbocycles. The molecule has 4 nitrogen and oxygen atoms in total. The molecule has 0 aromatic heterocycles. The predicted octanol–water partition coefficient (Wildman–Crippen LogP) is 1.51. The van der Waals surface area contributed by atoms with Crippen molar-refractivity contribution in [1.29, 1.82) is 0 Å². The number of hydrogen-bond acceptors (Lipinski definition) is 3. The van der Waals surface area contributed by atoms with E-state index in [0.29, 0.717) is 5.69 Å². The van der Waals surface area contributed by atoms with E-state index in [4.69, 9.17) is 5.73 Å². The Labute approximate surface area is 101 Å². The van der Waals surface area contributed by atoms with E-state index in [0.717, 1.165) is 30.5 Å². The molecule has 1 unspecified atom stereocenters. The molecule has 2 N–H and O–H groups in total. The van der Waals surface area contributed by atoms with Crippen molar-refractivity contribution in [2.45, 2.75) is 37.5 Å². The van der Waals surface area contributed by atoms with Crippen LogP contribution < -0.4 is 10.0 Å². The molecule has 1 aliphatic carbocycles. The number of hydrogen-bond donors (Lipinski definition) is 1. The van der Waals surface area contributed by atoms with E-state index in [1.54, 1.807) is 10.4 Å². The fraction of sp³-hybridized carbons (Fsp3) is 0.500. The first-order valence-corrected chi connectivity index (χ1v) is 7.42. The van der Waals surface area contributed by atoms with Crippen molar-refractivity contribution in [2.24, 2.45) is 0 Å². The molecule has 0 amide bonds. The summed E-state index contributed by atoms with van der Waals surface area (Å²) < 4.78 is 26.3. The van der Waals surface area contributed by atoms with Crippen LogP contribution in [0, 0.1) is 0 Å². The van der Waals surface area contributed by atoms with E-state index < -0.39 is 10.0 Å². The number of anilines is 2. The maximum absolute atomic E-state index is 12.3. The molecule has 3 rings (SSSR count). The van der Waals surface area contributed by atoms with Gasteiger partial charge in [0.1, 0.15) is 0 Å². The summed E-state index contributed by atoms with van der Waals surface area (Å²) in [7, 11) is -3.15. The fourth-order valence-electron chi connectivity index (χ4n) is 2.54. The predicted molar refractivity (Wildman–Crippen MR) is 68.4 cm³/mol. The normalized spacial score (nSPS) is 23.8. The molecule has 1 aromatic rings. The first-order valence-electron chi connectivity index (χ1n) is 5.92. The Bertz CT molecular complexity index is 564. The van der Waals surface area contributed by atoms with Crippen molar-refractivity contribution in [3.63, 3.8) is 0 Å². The molecule has 2 aliphatic rings. The van der Waals surface area contributed by atoms with Crippen LogP contribution in [0.3, 0.4) is 0 Å². The molecule has 1 fully saturated rings. The molecule has 0 saturated heterocycles. The number of fused-ring (bicyclic) bond motifs is 1. The highest BCUT2D eigenvalue weighted by atomic mass is 32.2. The third-order valence-corrected chi connectivity index (χ3v) is 5.90. The zero-order valence-electron chi connectivity index (χ0n) is 9.76. The molecular formula is C12H16N2O2S. The van der Waals surface area contributed by atoms with Crippen LogP contribution in [0.15, 0.2) is 18.2 Å². The molecule has 0 radical (unpaired) electrons. The van der Waals surface area contributed by atoms with Crippen LogP contribution in [0.5, 0.6) is 0 Å². The Kier molecular flexibility index (Phi) is 2.17. The Hall–Kier alpha value is -1.23. The Morgan fingerprint density at radius 3 is 2.71 bits per heavy atom. The molecule has 0 bridgehead atoms. The van der Waals surface area contributed by atoms with E-state index in [9.17, 15) is 8.42 Å². The lowest BCUT2D eigenvalue weighted by Crippen LogP contribution is -2.38. The SMILES string of the molecule is CC1Cc2cc(N)ccc2N1S(=O)(=O)C1CC1. The number of sulfonamides is 1. The highest BCUT2D eigenvalue weighted by Gasteiger charge is 2.44. The quantitative estimate of drug-likeness (QED) is 0.811. The number of rotatable bonds is 2. The second-order valence-corrected chi connectivity index (χ2v) is 7.07. The molecular weight excluding hydrogens is 236 g/mol. The van der Waals surface area contributed by atoms with Gasteiger partial charge >= 0.3 is 0 Å². The summed E-state index contributed by atoms with van der Waals surface area (Å²) in [6.07, 6.45) is 2.36. The van der Waals surface area contributed by atoms with Crippen molar-refractivity contribution in [3.8, 4) is 0 Å². The fourth-order valence-corrected chi connectivity index (χ4v) is 4.62. The Morgan fingerprint density at radius 2 is 2.06 bits per heavy atom. The van der Waals surface area contributed by atoms with Gasteiger partial charge in [-0.25, -0.2) is 8.42 Å². The van der Waals surface area contributed by atoms with Gasteiger partial charge in [-0.3, -0.25) is 4.31 Å². The van der Waals surface area contributed by atoms with Gasteiger partial charge in [0.15, 0.2) is 0 Å². The third kappa shape index (κ3) is 1.60. The van der Waals surface area contributed by atoms with Crippen LogP contribution in [0.4, 0.5) is 11.4 Å². The Balaban J connectivity index is 2.08. The van der Waals surface area contributed by atoms with Gasteiger partial charge in [-0.1, -0.05) is 0 Å². The zero-order chi connectivity index (χ0) is 12.2. The molecule has 92 valence electrons. The number of nitrogens with two attached hydrogens (primary N) is 1. The van der Waals surface area contributed by atoms with Gasteiger partial charge in [-0.05, 0) is 49.9 Å². The van der Waals surface area contributed by atoms with Crippen LogP contribution >= 0.6 is 0 Å². The van der Waals surface area contributed by atoms with Gasteiger partial charge in [0.05, 0.1) is 10.9 Å². The van der Waals surface area contributed by atoms with E-state index in [-0.39, 0.29) is 11.3 Å². The highest BCUT2D eigenvalue weighted by Crippen LogP contribution is 2.41. The number of nitrogen functional groups attached to an aromatic ring is 1. The maximum Gasteiger partial charge on any atom is 0.238 e. The molecule has 5 heteroatoms. The van der Waals surface area contributed by atoms with E-state index >= 15 is 0 Å². The van der Waals surface area contributed by atoms with E-state index in [1.165, 1.54) is 0 Å². The van der Waals surface area contributed by atoms with Gasteiger partial charge in [0.2, 0.25) is 10.0 Å². The van der Waals surface area contributed by atoms with Gasteiger partial charge in [0, 0.05) is 11.7 Å². The molecule has 0 spiro atoms. The molecule has 1 saturated carbocycles.